The topological polar surface area (TPSA) is 101 Å². The Hall–Kier alpha value is -1.85. The molecule has 0 fully saturated rings. The van der Waals surface area contributed by atoms with Gasteiger partial charge >= 0.3 is 6.03 Å². The summed E-state index contributed by atoms with van der Waals surface area (Å²) in [6.45, 7) is 0. The number of carbonyl (C=O) groups is 1. The lowest BCUT2D eigenvalue weighted by molar-refractivity contribution is 0.255. The quantitative estimate of drug-likeness (QED) is 0.443. The summed E-state index contributed by atoms with van der Waals surface area (Å²) in [6.07, 6.45) is 0. The maximum absolute atomic E-state index is 10.2. The van der Waals surface area contributed by atoms with Gasteiger partial charge in [-0.25, -0.2) is 10.2 Å². The Morgan fingerprint density at radius 3 is 2.27 bits per heavy atom. The number of urea groups is 1. The summed E-state index contributed by atoms with van der Waals surface area (Å²) >= 11 is 0. The molecule has 5 N–H and O–H groups in total. The second-order valence-electron chi connectivity index (χ2n) is 1.86. The van der Waals surface area contributed by atoms with Gasteiger partial charge in [0, 0.05) is 12.1 Å². The second-order valence-corrected chi connectivity index (χ2v) is 1.86. The van der Waals surface area contributed by atoms with Crippen LogP contribution >= 0.6 is 0 Å². The lowest BCUT2D eigenvalue weighted by atomic mass is 10.6. The van der Waals surface area contributed by atoms with Gasteiger partial charge < -0.3 is 15.9 Å². The van der Waals surface area contributed by atoms with Crippen molar-refractivity contribution in [3.8, 4) is 11.8 Å². The van der Waals surface area contributed by atoms with Crippen LogP contribution < -0.4 is 11.2 Å². The Bertz CT molecular complexity index is 261. The average Bonchev–Trinajstić information content (AvgIpc) is 2.18. The van der Waals surface area contributed by atoms with E-state index in [1.807, 2.05) is 5.43 Å². The molecule has 0 aromatic carbocycles. The van der Waals surface area contributed by atoms with Crippen molar-refractivity contribution >= 4 is 6.03 Å². The Morgan fingerprint density at radius 2 is 1.91 bits per heavy atom. The summed E-state index contributed by atoms with van der Waals surface area (Å²) in [7, 11) is 0. The Balaban J connectivity index is 2.92. The highest BCUT2D eigenvalue weighted by molar-refractivity contribution is 5.80. The summed E-state index contributed by atoms with van der Waals surface area (Å²) < 4.78 is 0.752. The molecule has 0 unspecified atom stereocenters. The van der Waals surface area contributed by atoms with Gasteiger partial charge in [-0.05, 0) is 0 Å². The highest BCUT2D eigenvalue weighted by Crippen LogP contribution is 2.17. The average molecular weight is 157 g/mol. The summed E-state index contributed by atoms with van der Waals surface area (Å²) in [6, 6.07) is 1.56. The lowest BCUT2D eigenvalue weighted by Crippen LogP contribution is -2.27. The molecule has 0 aliphatic carbocycles. The molecule has 60 valence electrons. The smallest absolute Gasteiger partial charge is 0.331 e. The van der Waals surface area contributed by atoms with Crippen LogP contribution in [0.25, 0.3) is 0 Å². The van der Waals surface area contributed by atoms with E-state index in [1.165, 1.54) is 12.1 Å². The standard InChI is InChI=1S/C5H7N3O3/c6-5(11)7-8-3(9)1-2-4(8)10/h1-2,9-10H,(H3,6,7,11). The molecule has 1 heterocycles. The number of nitrogens with zero attached hydrogens (tertiary/aromatic N) is 1. The number of nitrogens with one attached hydrogen (secondary N) is 1. The van der Waals surface area contributed by atoms with Crippen LogP contribution in [0.2, 0.25) is 0 Å². The largest absolute Gasteiger partial charge is 0.493 e. The maximum Gasteiger partial charge on any atom is 0.331 e. The minimum atomic E-state index is -0.869. The van der Waals surface area contributed by atoms with E-state index < -0.39 is 6.03 Å². The van der Waals surface area contributed by atoms with Gasteiger partial charge in [0.2, 0.25) is 11.8 Å². The van der Waals surface area contributed by atoms with Gasteiger partial charge in [0.25, 0.3) is 0 Å². The Labute approximate surface area is 61.8 Å². The third-order valence-corrected chi connectivity index (χ3v) is 1.06. The molecule has 0 aliphatic rings. The highest BCUT2D eigenvalue weighted by atomic mass is 16.3. The van der Waals surface area contributed by atoms with E-state index in [0.717, 1.165) is 4.68 Å². The van der Waals surface area contributed by atoms with Gasteiger partial charge in [0.15, 0.2) is 0 Å². The number of carbonyl (C=O) groups excluding carboxylic acids is 1. The molecule has 0 spiro atoms. The monoisotopic (exact) mass is 157 g/mol. The molecular weight excluding hydrogens is 150 g/mol. The zero-order chi connectivity index (χ0) is 8.43. The van der Waals surface area contributed by atoms with Gasteiger partial charge in [-0.15, -0.1) is 0 Å². The summed E-state index contributed by atoms with van der Waals surface area (Å²) in [5.41, 5.74) is 6.71. The SMILES string of the molecule is NC(=O)Nn1c(O)ccc1O. The number of nitrogens with two attached hydrogens (primary N) is 1. The zero-order valence-electron chi connectivity index (χ0n) is 5.48. The van der Waals surface area contributed by atoms with Crippen LogP contribution in [0.5, 0.6) is 11.8 Å². The van der Waals surface area contributed by atoms with Crippen molar-refractivity contribution in [2.24, 2.45) is 5.73 Å². The van der Waals surface area contributed by atoms with E-state index in [0.29, 0.717) is 0 Å². The number of amides is 2. The molecule has 0 bridgehead atoms. The first-order valence-corrected chi connectivity index (χ1v) is 2.77. The molecule has 1 aromatic rings. The number of rotatable bonds is 1. The molecule has 0 aliphatic heterocycles. The summed E-state index contributed by atoms with van der Waals surface area (Å²) in [4.78, 5) is 10.2. The number of hydrogen-bond donors (Lipinski definition) is 4. The van der Waals surface area contributed by atoms with Crippen LogP contribution in [0.1, 0.15) is 0 Å². The second kappa shape index (κ2) is 2.41. The van der Waals surface area contributed by atoms with Crippen molar-refractivity contribution in [3.05, 3.63) is 12.1 Å². The van der Waals surface area contributed by atoms with Gasteiger partial charge in [-0.1, -0.05) is 0 Å². The summed E-state index contributed by atoms with van der Waals surface area (Å²) in [5, 5.41) is 17.8. The molecule has 1 rings (SSSR count). The molecular formula is C5H7N3O3. The molecule has 0 radical (unpaired) electrons. The van der Waals surface area contributed by atoms with Crippen LogP contribution in [-0.4, -0.2) is 20.9 Å². The molecule has 6 nitrogen and oxygen atoms in total. The fraction of sp³-hybridized carbons (Fsp3) is 0. The highest BCUT2D eigenvalue weighted by Gasteiger charge is 2.05. The molecule has 0 saturated heterocycles. The molecule has 11 heavy (non-hydrogen) atoms. The van der Waals surface area contributed by atoms with Crippen molar-refractivity contribution in [1.82, 2.24) is 4.68 Å². The van der Waals surface area contributed by atoms with E-state index in [-0.39, 0.29) is 11.8 Å². The van der Waals surface area contributed by atoms with Crippen molar-refractivity contribution in [3.63, 3.8) is 0 Å². The van der Waals surface area contributed by atoms with Crippen LogP contribution in [0.3, 0.4) is 0 Å². The van der Waals surface area contributed by atoms with E-state index in [4.69, 9.17) is 15.9 Å². The number of aromatic nitrogens is 1. The summed E-state index contributed by atoms with van der Waals surface area (Å²) in [5.74, 6) is -0.581. The minimum absolute atomic E-state index is 0.290. The van der Waals surface area contributed by atoms with Crippen LogP contribution in [0, 0.1) is 0 Å². The Morgan fingerprint density at radius 1 is 1.45 bits per heavy atom. The maximum atomic E-state index is 10.2. The molecule has 2 amide bonds. The third-order valence-electron chi connectivity index (χ3n) is 1.06. The predicted molar refractivity (Wildman–Crippen MR) is 36.7 cm³/mol. The zero-order valence-corrected chi connectivity index (χ0v) is 5.48. The van der Waals surface area contributed by atoms with Gasteiger partial charge in [-0.3, -0.25) is 0 Å². The third kappa shape index (κ3) is 1.34. The van der Waals surface area contributed by atoms with E-state index in [9.17, 15) is 4.79 Å². The first-order valence-electron chi connectivity index (χ1n) is 2.77. The van der Waals surface area contributed by atoms with Crippen LogP contribution in [0.4, 0.5) is 4.79 Å². The van der Waals surface area contributed by atoms with E-state index in [2.05, 4.69) is 0 Å². The molecule has 0 saturated carbocycles. The van der Waals surface area contributed by atoms with E-state index >= 15 is 0 Å². The van der Waals surface area contributed by atoms with Crippen molar-refractivity contribution in [1.29, 1.82) is 0 Å². The van der Waals surface area contributed by atoms with Crippen molar-refractivity contribution < 1.29 is 15.0 Å². The first-order chi connectivity index (χ1) is 5.11. The van der Waals surface area contributed by atoms with Crippen molar-refractivity contribution in [2.45, 2.75) is 0 Å². The van der Waals surface area contributed by atoms with Crippen LogP contribution in [-0.2, 0) is 0 Å². The fourth-order valence-electron chi connectivity index (χ4n) is 0.640. The predicted octanol–water partition coefficient (Wildman–Crippen LogP) is -0.479. The van der Waals surface area contributed by atoms with Gasteiger partial charge in [0.05, 0.1) is 0 Å². The number of hydrogen-bond acceptors (Lipinski definition) is 3. The first kappa shape index (κ1) is 7.26. The number of primary amides is 1. The van der Waals surface area contributed by atoms with Crippen LogP contribution in [0.15, 0.2) is 12.1 Å². The Kier molecular flexibility index (Phi) is 1.59. The van der Waals surface area contributed by atoms with E-state index in [1.54, 1.807) is 0 Å². The molecule has 0 atom stereocenters. The lowest BCUT2D eigenvalue weighted by Gasteiger charge is -2.04. The minimum Gasteiger partial charge on any atom is -0.493 e. The van der Waals surface area contributed by atoms with Gasteiger partial charge in [-0.2, -0.15) is 4.68 Å². The normalized spacial score (nSPS) is 9.45. The number of aromatic hydroxyl groups is 2. The van der Waals surface area contributed by atoms with Crippen molar-refractivity contribution in [2.75, 3.05) is 5.43 Å². The fourth-order valence-corrected chi connectivity index (χ4v) is 0.640. The molecule has 1 aromatic heterocycles. The van der Waals surface area contributed by atoms with Gasteiger partial charge in [0.1, 0.15) is 0 Å². The molecule has 6 heteroatoms.